The van der Waals surface area contributed by atoms with E-state index in [1.807, 2.05) is 0 Å². The second kappa shape index (κ2) is 6.83. The summed E-state index contributed by atoms with van der Waals surface area (Å²) in [6.45, 7) is 5.32. The smallest absolute Gasteiger partial charge is 0.321 e. The molecule has 2 atom stereocenters. The van der Waals surface area contributed by atoms with E-state index in [2.05, 4.69) is 0 Å². The maximum Gasteiger partial charge on any atom is 0.321 e. The van der Waals surface area contributed by atoms with Gasteiger partial charge in [0.2, 0.25) is 0 Å². The lowest BCUT2D eigenvalue weighted by atomic mass is 9.85. The minimum absolute atomic E-state index is 0.290. The average Bonchev–Trinajstić information content (AvgIpc) is 2.60. The van der Waals surface area contributed by atoms with Gasteiger partial charge in [-0.25, -0.2) is 0 Å². The number of hydrogen-bond donors (Lipinski definition) is 0. The molecule has 0 spiro atoms. The molecule has 0 aromatic heterocycles. The Balaban J connectivity index is 2.03. The van der Waals surface area contributed by atoms with Crippen LogP contribution in [0.15, 0.2) is 48.5 Å². The summed E-state index contributed by atoms with van der Waals surface area (Å²) in [6, 6.07) is 14.1. The molecule has 0 saturated heterocycles. The van der Waals surface area contributed by atoms with Crippen LogP contribution >= 0.6 is 0 Å². The third-order valence-electron chi connectivity index (χ3n) is 4.10. The molecule has 0 N–H and O–H groups in total. The van der Waals surface area contributed by atoms with E-state index >= 15 is 0 Å². The van der Waals surface area contributed by atoms with E-state index in [4.69, 9.17) is 14.2 Å². The van der Waals surface area contributed by atoms with E-state index in [0.29, 0.717) is 22.6 Å². The Bertz CT molecular complexity index is 817. The van der Waals surface area contributed by atoms with Crippen molar-refractivity contribution in [3.05, 3.63) is 59.7 Å². The van der Waals surface area contributed by atoms with Gasteiger partial charge in [0.25, 0.3) is 0 Å². The van der Waals surface area contributed by atoms with Crippen LogP contribution in [0.1, 0.15) is 42.8 Å². The second-order valence-corrected chi connectivity index (χ2v) is 7.18. The van der Waals surface area contributed by atoms with Crippen LogP contribution in [0.25, 0.3) is 0 Å². The monoisotopic (exact) mass is 354 g/mol. The van der Waals surface area contributed by atoms with Crippen molar-refractivity contribution < 1.29 is 23.8 Å². The molecule has 0 amide bonds. The van der Waals surface area contributed by atoms with Gasteiger partial charge in [0, 0.05) is 0 Å². The molecular weight excluding hydrogens is 332 g/mol. The summed E-state index contributed by atoms with van der Waals surface area (Å²) >= 11 is 0. The molecule has 1 aliphatic rings. The van der Waals surface area contributed by atoms with Crippen LogP contribution in [0.2, 0.25) is 0 Å². The number of ketones is 1. The Kier molecular flexibility index (Phi) is 4.72. The van der Waals surface area contributed by atoms with Crippen molar-refractivity contribution in [1.29, 1.82) is 0 Å². The number of ether oxygens (including phenoxy) is 3. The van der Waals surface area contributed by atoms with Gasteiger partial charge in [-0.15, -0.1) is 0 Å². The highest BCUT2D eigenvalue weighted by Crippen LogP contribution is 2.40. The fourth-order valence-corrected chi connectivity index (χ4v) is 2.93. The standard InChI is InChI=1S/C21H22O5/c1-21(2,3)26-20(23)17-18(22)15-7-5-6-8-16(15)25-19(17)13-9-11-14(24-4)12-10-13/h5-12,17,19H,1-4H3. The Hall–Kier alpha value is -2.82. The SMILES string of the molecule is COc1ccc(C2Oc3ccccc3C(=O)C2C(=O)OC(C)(C)C)cc1. The Morgan fingerprint density at radius 2 is 1.69 bits per heavy atom. The summed E-state index contributed by atoms with van der Waals surface area (Å²) in [5.41, 5.74) is 0.413. The van der Waals surface area contributed by atoms with Crippen LogP contribution in [0.5, 0.6) is 11.5 Å². The van der Waals surface area contributed by atoms with Crippen LogP contribution in [-0.2, 0) is 9.53 Å². The number of para-hydroxylation sites is 1. The quantitative estimate of drug-likeness (QED) is 0.616. The van der Waals surface area contributed by atoms with Gasteiger partial charge in [-0.2, -0.15) is 0 Å². The number of carbonyl (C=O) groups excluding carboxylic acids is 2. The van der Waals surface area contributed by atoms with Gasteiger partial charge in [-0.1, -0.05) is 24.3 Å². The van der Waals surface area contributed by atoms with Crippen molar-refractivity contribution in [2.45, 2.75) is 32.5 Å². The predicted octanol–water partition coefficient (Wildman–Crippen LogP) is 3.97. The molecule has 3 rings (SSSR count). The third-order valence-corrected chi connectivity index (χ3v) is 4.10. The van der Waals surface area contributed by atoms with E-state index in [1.54, 1.807) is 76.4 Å². The first kappa shape index (κ1) is 18.0. The molecule has 2 aromatic carbocycles. The van der Waals surface area contributed by atoms with E-state index in [-0.39, 0.29) is 5.78 Å². The highest BCUT2D eigenvalue weighted by Gasteiger charge is 2.45. The number of hydrogen-bond acceptors (Lipinski definition) is 5. The largest absolute Gasteiger partial charge is 0.497 e. The van der Waals surface area contributed by atoms with Crippen LogP contribution in [-0.4, -0.2) is 24.5 Å². The number of rotatable bonds is 3. The first-order chi connectivity index (χ1) is 12.3. The summed E-state index contributed by atoms with van der Waals surface area (Å²) < 4.78 is 16.7. The molecule has 0 radical (unpaired) electrons. The zero-order chi connectivity index (χ0) is 18.9. The molecule has 0 fully saturated rings. The number of fused-ring (bicyclic) bond motifs is 1. The molecule has 1 heterocycles. The maximum atomic E-state index is 13.0. The van der Waals surface area contributed by atoms with Crippen LogP contribution < -0.4 is 9.47 Å². The van der Waals surface area contributed by atoms with Gasteiger partial charge in [0.05, 0.1) is 12.7 Å². The van der Waals surface area contributed by atoms with Crippen molar-refractivity contribution >= 4 is 11.8 Å². The van der Waals surface area contributed by atoms with E-state index in [1.165, 1.54) is 0 Å². The van der Waals surface area contributed by atoms with E-state index < -0.39 is 23.6 Å². The molecule has 1 aliphatic heterocycles. The van der Waals surface area contributed by atoms with Crippen LogP contribution in [0.4, 0.5) is 0 Å². The number of carbonyl (C=O) groups is 2. The van der Waals surface area contributed by atoms with Crippen molar-refractivity contribution in [1.82, 2.24) is 0 Å². The van der Waals surface area contributed by atoms with E-state index in [0.717, 1.165) is 0 Å². The molecule has 136 valence electrons. The summed E-state index contributed by atoms with van der Waals surface area (Å²) in [5, 5.41) is 0. The fourth-order valence-electron chi connectivity index (χ4n) is 2.93. The summed E-state index contributed by atoms with van der Waals surface area (Å²) in [5.74, 6) is -0.777. The molecule has 0 aliphatic carbocycles. The van der Waals surface area contributed by atoms with Crippen LogP contribution in [0.3, 0.4) is 0 Å². The highest BCUT2D eigenvalue weighted by molar-refractivity contribution is 6.11. The van der Waals surface area contributed by atoms with Crippen molar-refractivity contribution in [2.24, 2.45) is 5.92 Å². The first-order valence-electron chi connectivity index (χ1n) is 8.47. The summed E-state index contributed by atoms with van der Waals surface area (Å²) in [7, 11) is 1.58. The minimum Gasteiger partial charge on any atom is -0.497 e. The molecule has 2 aromatic rings. The van der Waals surface area contributed by atoms with Crippen molar-refractivity contribution in [3.63, 3.8) is 0 Å². The third kappa shape index (κ3) is 3.57. The fraction of sp³-hybridized carbons (Fsp3) is 0.333. The number of benzene rings is 2. The number of esters is 1. The molecular formula is C21H22O5. The molecule has 26 heavy (non-hydrogen) atoms. The normalized spacial score (nSPS) is 19.3. The van der Waals surface area contributed by atoms with E-state index in [9.17, 15) is 9.59 Å². The van der Waals surface area contributed by atoms with Crippen LogP contribution in [0, 0.1) is 5.92 Å². The lowest BCUT2D eigenvalue weighted by Gasteiger charge is -2.33. The predicted molar refractivity (Wildman–Crippen MR) is 96.5 cm³/mol. The highest BCUT2D eigenvalue weighted by atomic mass is 16.6. The van der Waals surface area contributed by atoms with Gasteiger partial charge in [0.15, 0.2) is 11.7 Å². The minimum atomic E-state index is -1.06. The topological polar surface area (TPSA) is 61.8 Å². The Morgan fingerprint density at radius 3 is 2.31 bits per heavy atom. The zero-order valence-electron chi connectivity index (χ0n) is 15.3. The Labute approximate surface area is 152 Å². The number of Topliss-reactive ketones (excluding diaryl/α,β-unsaturated/α-hetero) is 1. The lowest BCUT2D eigenvalue weighted by molar-refractivity contribution is -0.161. The molecule has 0 saturated carbocycles. The van der Waals surface area contributed by atoms with Gasteiger partial charge in [-0.05, 0) is 50.6 Å². The lowest BCUT2D eigenvalue weighted by Crippen LogP contribution is -2.40. The first-order valence-corrected chi connectivity index (χ1v) is 8.47. The van der Waals surface area contributed by atoms with Gasteiger partial charge in [0.1, 0.15) is 23.2 Å². The average molecular weight is 354 g/mol. The van der Waals surface area contributed by atoms with Crippen molar-refractivity contribution in [2.75, 3.05) is 7.11 Å². The van der Waals surface area contributed by atoms with Gasteiger partial charge < -0.3 is 14.2 Å². The summed E-state index contributed by atoms with van der Waals surface area (Å²) in [6.07, 6.45) is -0.752. The Morgan fingerprint density at radius 1 is 1.04 bits per heavy atom. The van der Waals surface area contributed by atoms with Gasteiger partial charge in [-0.3, -0.25) is 9.59 Å². The summed E-state index contributed by atoms with van der Waals surface area (Å²) in [4.78, 5) is 25.8. The second-order valence-electron chi connectivity index (χ2n) is 7.18. The zero-order valence-corrected chi connectivity index (χ0v) is 15.3. The van der Waals surface area contributed by atoms with Crippen molar-refractivity contribution in [3.8, 4) is 11.5 Å². The molecule has 0 bridgehead atoms. The number of methoxy groups -OCH3 is 1. The van der Waals surface area contributed by atoms with Gasteiger partial charge >= 0.3 is 5.97 Å². The molecule has 5 nitrogen and oxygen atoms in total. The molecule has 5 heteroatoms. The molecule has 2 unspecified atom stereocenters. The maximum absolute atomic E-state index is 13.0.